The molecule has 1 saturated heterocycles. The van der Waals surface area contributed by atoms with Crippen LogP contribution in [0, 0.1) is 18.2 Å². The molecule has 2 unspecified atom stereocenters. The first-order valence-corrected chi connectivity index (χ1v) is 16.2. The Morgan fingerprint density at radius 1 is 1.20 bits per heavy atom. The maximum absolute atomic E-state index is 14.2. The highest BCUT2D eigenvalue weighted by Gasteiger charge is 2.48. The molecule has 0 aliphatic carbocycles. The van der Waals surface area contributed by atoms with Crippen LogP contribution in [-0.4, -0.2) is 48.0 Å². The van der Waals surface area contributed by atoms with Crippen LogP contribution in [0.25, 0.3) is 0 Å². The first kappa shape index (κ1) is 30.6. The number of benzene rings is 2. The predicted octanol–water partition coefficient (Wildman–Crippen LogP) is 7.80. The lowest BCUT2D eigenvalue weighted by Gasteiger charge is -2.33. The number of carbonyl (C=O) groups is 1. The van der Waals surface area contributed by atoms with Gasteiger partial charge >= 0.3 is 0 Å². The molecule has 3 aromatic rings. The largest absolute Gasteiger partial charge is 0.328 e. The van der Waals surface area contributed by atoms with Gasteiger partial charge in [0, 0.05) is 47.9 Å². The molecule has 0 radical (unpaired) electrons. The molecule has 3 aliphatic heterocycles. The van der Waals surface area contributed by atoms with Gasteiger partial charge in [-0.3, -0.25) is 9.98 Å². The summed E-state index contributed by atoms with van der Waals surface area (Å²) in [6.45, 7) is 5.20. The number of hydrogen-bond donors (Lipinski definition) is 1. The van der Waals surface area contributed by atoms with Crippen LogP contribution in [0.3, 0.4) is 0 Å². The van der Waals surface area contributed by atoms with Crippen molar-refractivity contribution < 1.29 is 13.6 Å². The van der Waals surface area contributed by atoms with Crippen LogP contribution >= 0.6 is 22.9 Å². The van der Waals surface area contributed by atoms with Crippen LogP contribution in [-0.2, 0) is 11.3 Å². The lowest BCUT2D eigenvalue weighted by Crippen LogP contribution is -2.40. The molecule has 9 heteroatoms. The number of amidine groups is 1. The summed E-state index contributed by atoms with van der Waals surface area (Å²) in [5, 5.41) is 5.84. The van der Waals surface area contributed by atoms with Crippen molar-refractivity contribution in [3.05, 3.63) is 116 Å². The number of fused-ring (bicyclic) bond motifs is 1. The third-order valence-electron chi connectivity index (χ3n) is 8.55. The summed E-state index contributed by atoms with van der Waals surface area (Å²) in [5.74, 6) is 0.353. The van der Waals surface area contributed by atoms with E-state index in [2.05, 4.69) is 35.3 Å². The topological polar surface area (TPSA) is 57.1 Å². The molecule has 1 N–H and O–H groups in total. The number of rotatable bonds is 11. The van der Waals surface area contributed by atoms with Crippen molar-refractivity contribution in [1.82, 2.24) is 10.2 Å². The number of aldehydes is 1. The molecule has 0 saturated carbocycles. The monoisotopic (exact) mass is 632 g/mol. The molecular formula is C35H35ClF2N4OS. The molecule has 4 heterocycles. The number of hydrogen-bond acceptors (Lipinski definition) is 6. The second-order valence-electron chi connectivity index (χ2n) is 11.9. The summed E-state index contributed by atoms with van der Waals surface area (Å²) < 4.78 is 27.9. The van der Waals surface area contributed by atoms with Crippen LogP contribution in [0.1, 0.15) is 53.8 Å². The first-order chi connectivity index (χ1) is 21.3. The van der Waals surface area contributed by atoms with E-state index in [9.17, 15) is 13.6 Å². The van der Waals surface area contributed by atoms with Crippen molar-refractivity contribution in [3.8, 4) is 0 Å². The number of nitrogens with zero attached hydrogens (tertiary/aromatic N) is 3. The molecule has 1 fully saturated rings. The van der Waals surface area contributed by atoms with E-state index in [1.165, 1.54) is 12.1 Å². The van der Waals surface area contributed by atoms with Crippen LogP contribution in [0.2, 0.25) is 5.02 Å². The Labute approximate surface area is 266 Å². The van der Waals surface area contributed by atoms with Crippen LogP contribution in [0.5, 0.6) is 0 Å². The number of thiophene rings is 1. The average Bonchev–Trinajstić information content (AvgIpc) is 3.75. The van der Waals surface area contributed by atoms with Gasteiger partial charge in [0.15, 0.2) is 0 Å². The van der Waals surface area contributed by atoms with Crippen molar-refractivity contribution in [2.45, 2.75) is 57.9 Å². The Bertz CT molecular complexity index is 1660. The molecular weight excluding hydrogens is 598 g/mol. The minimum absolute atomic E-state index is 0.149. The Kier molecular flexibility index (Phi) is 8.94. The highest BCUT2D eigenvalue weighted by atomic mass is 35.5. The SMILES string of the molecule is Cc1ccsc1C1=N[C@@H](c2ccc(F)cc2Cl)C(C2=NC(CCC(C)F)C=C2)=C2C[C@@](C=O)(CNCc3ccccc3)CN12. The minimum atomic E-state index is -0.909. The van der Waals surface area contributed by atoms with Crippen LogP contribution in [0.15, 0.2) is 93.4 Å². The van der Waals surface area contributed by atoms with Gasteiger partial charge in [-0.15, -0.1) is 11.3 Å². The average molecular weight is 633 g/mol. The Morgan fingerprint density at radius 2 is 2.02 bits per heavy atom. The van der Waals surface area contributed by atoms with E-state index in [4.69, 9.17) is 21.6 Å². The fraction of sp³-hybridized carbons (Fsp3) is 0.343. The van der Waals surface area contributed by atoms with Gasteiger partial charge in [-0.1, -0.05) is 54.1 Å². The number of carbonyl (C=O) groups excluding carboxylic acids is 1. The van der Waals surface area contributed by atoms with E-state index in [1.54, 1.807) is 24.3 Å². The summed E-state index contributed by atoms with van der Waals surface area (Å²) in [5.41, 5.74) is 4.76. The molecule has 5 nitrogen and oxygen atoms in total. The van der Waals surface area contributed by atoms with Crippen molar-refractivity contribution in [2.24, 2.45) is 15.4 Å². The van der Waals surface area contributed by atoms with E-state index in [0.29, 0.717) is 44.5 Å². The Balaban J connectivity index is 1.45. The van der Waals surface area contributed by atoms with Gasteiger partial charge in [0.2, 0.25) is 0 Å². The third-order valence-corrected chi connectivity index (χ3v) is 9.89. The fourth-order valence-electron chi connectivity index (χ4n) is 6.25. The molecule has 6 rings (SSSR count). The highest BCUT2D eigenvalue weighted by Crippen LogP contribution is 2.48. The van der Waals surface area contributed by atoms with E-state index < -0.39 is 23.4 Å². The van der Waals surface area contributed by atoms with Gasteiger partial charge in [0.05, 0.1) is 28.2 Å². The van der Waals surface area contributed by atoms with Crippen molar-refractivity contribution >= 4 is 40.8 Å². The Hall–Kier alpha value is -3.46. The third kappa shape index (κ3) is 6.21. The van der Waals surface area contributed by atoms with Gasteiger partial charge in [0.1, 0.15) is 24.0 Å². The first-order valence-electron chi connectivity index (χ1n) is 15.0. The molecule has 4 atom stereocenters. The molecule has 44 heavy (non-hydrogen) atoms. The highest BCUT2D eigenvalue weighted by molar-refractivity contribution is 7.12. The maximum atomic E-state index is 14.2. The van der Waals surface area contributed by atoms with E-state index in [0.717, 1.165) is 45.1 Å². The van der Waals surface area contributed by atoms with Gasteiger partial charge in [-0.05, 0) is 67.5 Å². The Morgan fingerprint density at radius 3 is 2.73 bits per heavy atom. The maximum Gasteiger partial charge on any atom is 0.146 e. The number of nitrogens with one attached hydrogen (secondary N) is 1. The number of alkyl halides is 1. The zero-order valence-corrected chi connectivity index (χ0v) is 26.3. The van der Waals surface area contributed by atoms with Gasteiger partial charge in [-0.2, -0.15) is 0 Å². The van der Waals surface area contributed by atoms with E-state index >= 15 is 0 Å². The quantitative estimate of drug-likeness (QED) is 0.220. The number of allylic oxidation sites excluding steroid dienone is 2. The van der Waals surface area contributed by atoms with E-state index in [1.807, 2.05) is 35.7 Å². The summed E-state index contributed by atoms with van der Waals surface area (Å²) >= 11 is 8.30. The molecule has 228 valence electrons. The van der Waals surface area contributed by atoms with Crippen molar-refractivity contribution in [3.63, 3.8) is 0 Å². The zero-order valence-electron chi connectivity index (χ0n) is 24.8. The summed E-state index contributed by atoms with van der Waals surface area (Å²) in [7, 11) is 0. The second-order valence-corrected chi connectivity index (χ2v) is 13.3. The van der Waals surface area contributed by atoms with Crippen LogP contribution < -0.4 is 5.32 Å². The normalized spacial score (nSPS) is 23.5. The number of aryl methyl sites for hydroxylation is 1. The fourth-order valence-corrected chi connectivity index (χ4v) is 7.45. The van der Waals surface area contributed by atoms with E-state index in [-0.39, 0.29) is 11.1 Å². The standard InChI is InChI=1S/C35H35ClF2N4OS/c1-22-14-15-44-33(22)34-41-32(27-12-9-25(38)16-28(27)36)31(29-13-11-26(40-29)10-8-23(2)37)30-17-35(21-43,20-42(30)34)19-39-18-24-6-4-3-5-7-24/h3-7,9,11-16,21,23,26,32,39H,8,10,17-20H2,1-2H3/t23?,26?,32-,35+/m0/s1. The summed E-state index contributed by atoms with van der Waals surface area (Å²) in [4.78, 5) is 26.5. The summed E-state index contributed by atoms with van der Waals surface area (Å²) in [6, 6.07) is 15.9. The molecule has 1 aromatic heterocycles. The summed E-state index contributed by atoms with van der Waals surface area (Å²) in [6.07, 6.45) is 5.63. The molecule has 0 amide bonds. The van der Waals surface area contributed by atoms with Crippen molar-refractivity contribution in [2.75, 3.05) is 13.1 Å². The minimum Gasteiger partial charge on any atom is -0.328 e. The molecule has 2 aromatic carbocycles. The zero-order chi connectivity index (χ0) is 30.8. The predicted molar refractivity (Wildman–Crippen MR) is 175 cm³/mol. The lowest BCUT2D eigenvalue weighted by molar-refractivity contribution is -0.115. The lowest BCUT2D eigenvalue weighted by atomic mass is 9.85. The van der Waals surface area contributed by atoms with Gasteiger partial charge in [0.25, 0.3) is 0 Å². The molecule has 0 spiro atoms. The van der Waals surface area contributed by atoms with Gasteiger partial charge in [-0.25, -0.2) is 8.78 Å². The number of aliphatic imine (C=N–C) groups is 2. The van der Waals surface area contributed by atoms with Crippen molar-refractivity contribution in [1.29, 1.82) is 0 Å². The van der Waals surface area contributed by atoms with Gasteiger partial charge < -0.3 is 15.0 Å². The molecule has 0 bridgehead atoms. The number of halogens is 3. The van der Waals surface area contributed by atoms with Crippen LogP contribution in [0.4, 0.5) is 8.78 Å². The molecule has 3 aliphatic rings. The smallest absolute Gasteiger partial charge is 0.146 e. The second kappa shape index (κ2) is 12.9.